The van der Waals surface area contributed by atoms with Crippen molar-refractivity contribution in [1.82, 2.24) is 15.5 Å². The van der Waals surface area contributed by atoms with Crippen molar-refractivity contribution in [1.29, 1.82) is 0 Å². The molecule has 1 saturated heterocycles. The number of aliphatic imine (C=N–C) groups is 1. The number of rotatable bonds is 5. The van der Waals surface area contributed by atoms with Crippen LogP contribution < -0.4 is 10.6 Å². The maximum Gasteiger partial charge on any atom is 0.220 e. The minimum absolute atomic E-state index is 0.0860. The van der Waals surface area contributed by atoms with Crippen LogP contribution in [0.1, 0.15) is 40.0 Å². The summed E-state index contributed by atoms with van der Waals surface area (Å²) in [7, 11) is 0.229. The van der Waals surface area contributed by atoms with Crippen LogP contribution in [0.3, 0.4) is 0 Å². The summed E-state index contributed by atoms with van der Waals surface area (Å²) >= 11 is 0. The van der Waals surface area contributed by atoms with E-state index in [1.165, 1.54) is 0 Å². The molecular formula is C16H32N4O3S. The van der Waals surface area contributed by atoms with Gasteiger partial charge in [0, 0.05) is 40.2 Å². The molecule has 0 radical (unpaired) electrons. The van der Waals surface area contributed by atoms with E-state index in [4.69, 9.17) is 0 Å². The monoisotopic (exact) mass is 360 g/mol. The first-order valence-electron chi connectivity index (χ1n) is 8.49. The van der Waals surface area contributed by atoms with Gasteiger partial charge in [-0.05, 0) is 39.5 Å². The normalized spacial score (nSPS) is 17.7. The van der Waals surface area contributed by atoms with Crippen LogP contribution in [0.4, 0.5) is 0 Å². The Labute approximate surface area is 146 Å². The van der Waals surface area contributed by atoms with Gasteiger partial charge in [-0.3, -0.25) is 9.79 Å². The summed E-state index contributed by atoms with van der Waals surface area (Å²) in [5.74, 6) is 1.31. The Balaban J connectivity index is 2.45. The molecule has 0 saturated carbocycles. The van der Waals surface area contributed by atoms with Crippen LogP contribution in [0.15, 0.2) is 4.99 Å². The largest absolute Gasteiger partial charge is 0.359 e. The van der Waals surface area contributed by atoms with Crippen LogP contribution in [0.2, 0.25) is 0 Å². The molecule has 140 valence electrons. The molecule has 0 aliphatic carbocycles. The van der Waals surface area contributed by atoms with Crippen LogP contribution in [0.25, 0.3) is 0 Å². The average Bonchev–Trinajstić information content (AvgIpc) is 2.51. The lowest BCUT2D eigenvalue weighted by Gasteiger charge is -2.34. The van der Waals surface area contributed by atoms with Crippen LogP contribution in [0, 0.1) is 5.92 Å². The highest BCUT2D eigenvalue weighted by atomic mass is 32.2. The molecule has 1 amide bonds. The molecule has 0 aromatic carbocycles. The first-order chi connectivity index (χ1) is 11.1. The molecule has 0 spiro atoms. The number of nitrogens with one attached hydrogen (secondary N) is 2. The summed E-state index contributed by atoms with van der Waals surface area (Å²) < 4.78 is 23.5. The minimum atomic E-state index is -3.14. The molecule has 1 aliphatic heterocycles. The lowest BCUT2D eigenvalue weighted by Crippen LogP contribution is -2.47. The highest BCUT2D eigenvalue weighted by Crippen LogP contribution is 2.20. The van der Waals surface area contributed by atoms with Gasteiger partial charge in [0.2, 0.25) is 5.91 Å². The highest BCUT2D eigenvalue weighted by Gasteiger charge is 2.29. The van der Waals surface area contributed by atoms with Crippen molar-refractivity contribution < 1.29 is 13.2 Å². The fraction of sp³-hybridized carbons (Fsp3) is 0.875. The fourth-order valence-electron chi connectivity index (χ4n) is 2.65. The average molecular weight is 361 g/mol. The van der Waals surface area contributed by atoms with E-state index in [1.807, 2.05) is 0 Å². The lowest BCUT2D eigenvalue weighted by molar-refractivity contribution is -0.121. The molecule has 1 heterocycles. The predicted molar refractivity (Wildman–Crippen MR) is 97.9 cm³/mol. The van der Waals surface area contributed by atoms with Crippen LogP contribution in [-0.2, 0) is 14.6 Å². The summed E-state index contributed by atoms with van der Waals surface area (Å²) in [4.78, 5) is 17.8. The molecule has 8 heteroatoms. The molecule has 1 rings (SSSR count). The smallest absolute Gasteiger partial charge is 0.220 e. The second kappa shape index (κ2) is 8.69. The summed E-state index contributed by atoms with van der Waals surface area (Å²) in [5.41, 5.74) is 0. The number of hydrogen-bond donors (Lipinski definition) is 2. The summed E-state index contributed by atoms with van der Waals surface area (Å²) in [6.07, 6.45) is 2.45. The maximum absolute atomic E-state index is 12.1. The maximum atomic E-state index is 12.1. The number of carbonyl (C=O) groups excluding carboxylic acids is 1. The summed E-state index contributed by atoms with van der Waals surface area (Å²) in [6, 6.07) is 0. The Bertz CT molecular complexity index is 544. The van der Waals surface area contributed by atoms with Gasteiger partial charge in [-0.2, -0.15) is 0 Å². The van der Waals surface area contributed by atoms with Crippen molar-refractivity contribution >= 4 is 21.7 Å². The summed E-state index contributed by atoms with van der Waals surface area (Å²) in [6.45, 7) is 7.16. The number of guanidine groups is 1. The van der Waals surface area contributed by atoms with Crippen molar-refractivity contribution in [3.05, 3.63) is 0 Å². The quantitative estimate of drug-likeness (QED) is 0.554. The van der Waals surface area contributed by atoms with E-state index in [9.17, 15) is 13.2 Å². The van der Waals surface area contributed by atoms with E-state index in [0.29, 0.717) is 18.9 Å². The summed E-state index contributed by atoms with van der Waals surface area (Å²) in [5, 5.41) is 5.82. The zero-order chi connectivity index (χ0) is 18.4. The van der Waals surface area contributed by atoms with Crippen molar-refractivity contribution in [2.75, 3.05) is 39.5 Å². The molecule has 24 heavy (non-hydrogen) atoms. The number of carbonyl (C=O) groups is 1. The molecule has 0 aromatic heterocycles. The SMILES string of the molecule is CN=C(NCCS(=O)(=O)C(C)(C)C)N1CCC(CC(=O)NC)CC1. The Kier molecular flexibility index (Phi) is 7.51. The van der Waals surface area contributed by atoms with Gasteiger partial charge in [0.15, 0.2) is 15.8 Å². The highest BCUT2D eigenvalue weighted by molar-refractivity contribution is 7.92. The number of nitrogens with zero attached hydrogens (tertiary/aromatic N) is 2. The molecular weight excluding hydrogens is 328 g/mol. The molecule has 7 nitrogen and oxygen atoms in total. The van der Waals surface area contributed by atoms with Crippen molar-refractivity contribution in [2.45, 2.75) is 44.8 Å². The van der Waals surface area contributed by atoms with E-state index >= 15 is 0 Å². The third kappa shape index (κ3) is 5.96. The third-order valence-corrected chi connectivity index (χ3v) is 7.07. The number of sulfone groups is 1. The van der Waals surface area contributed by atoms with E-state index in [2.05, 4.69) is 20.5 Å². The molecule has 1 fully saturated rings. The number of hydrogen-bond acceptors (Lipinski definition) is 4. The molecule has 0 atom stereocenters. The topological polar surface area (TPSA) is 90.9 Å². The van der Waals surface area contributed by atoms with Crippen molar-refractivity contribution in [3.8, 4) is 0 Å². The first kappa shape index (κ1) is 20.7. The zero-order valence-electron chi connectivity index (χ0n) is 15.6. The number of likely N-dealkylation sites (tertiary alicyclic amines) is 1. The molecule has 0 aromatic rings. The standard InChI is InChI=1S/C16H32N4O3S/c1-16(2,3)24(22,23)11-8-19-15(18-5)20-9-6-13(7-10-20)12-14(21)17-4/h13H,6-12H2,1-5H3,(H,17,21)(H,18,19). The second-order valence-electron chi connectivity index (χ2n) is 7.21. The van der Waals surface area contributed by atoms with Gasteiger partial charge in [-0.1, -0.05) is 0 Å². The fourth-order valence-corrected chi connectivity index (χ4v) is 3.63. The Morgan fingerprint density at radius 1 is 1.25 bits per heavy atom. The molecule has 0 bridgehead atoms. The number of piperidine rings is 1. The Morgan fingerprint density at radius 2 is 1.83 bits per heavy atom. The van der Waals surface area contributed by atoms with Crippen molar-refractivity contribution in [3.63, 3.8) is 0 Å². The van der Waals surface area contributed by atoms with Crippen molar-refractivity contribution in [2.24, 2.45) is 10.9 Å². The lowest BCUT2D eigenvalue weighted by atomic mass is 9.93. The molecule has 1 aliphatic rings. The van der Waals surface area contributed by atoms with E-state index in [-0.39, 0.29) is 11.7 Å². The van der Waals surface area contributed by atoms with Gasteiger partial charge in [-0.15, -0.1) is 0 Å². The number of amides is 1. The van der Waals surface area contributed by atoms with Crippen LogP contribution in [-0.4, -0.2) is 69.4 Å². The zero-order valence-corrected chi connectivity index (χ0v) is 16.4. The third-order valence-electron chi connectivity index (χ3n) is 4.47. The first-order valence-corrected chi connectivity index (χ1v) is 10.1. The van der Waals surface area contributed by atoms with Gasteiger partial charge in [-0.25, -0.2) is 8.42 Å². The molecule has 0 unspecified atom stereocenters. The van der Waals surface area contributed by atoms with E-state index < -0.39 is 14.6 Å². The van der Waals surface area contributed by atoms with Gasteiger partial charge in [0.05, 0.1) is 10.5 Å². The van der Waals surface area contributed by atoms with E-state index in [1.54, 1.807) is 34.9 Å². The van der Waals surface area contributed by atoms with Crippen LogP contribution >= 0.6 is 0 Å². The minimum Gasteiger partial charge on any atom is -0.359 e. The van der Waals surface area contributed by atoms with Gasteiger partial charge in [0.1, 0.15) is 0 Å². The molecule has 2 N–H and O–H groups in total. The van der Waals surface area contributed by atoms with Crippen LogP contribution in [0.5, 0.6) is 0 Å². The Morgan fingerprint density at radius 3 is 2.29 bits per heavy atom. The second-order valence-corrected chi connectivity index (χ2v) is 10.1. The van der Waals surface area contributed by atoms with Gasteiger partial charge < -0.3 is 15.5 Å². The predicted octanol–water partition coefficient (Wildman–Crippen LogP) is 0.623. The van der Waals surface area contributed by atoms with Gasteiger partial charge in [0.25, 0.3) is 0 Å². The van der Waals surface area contributed by atoms with Gasteiger partial charge >= 0.3 is 0 Å². The Hall–Kier alpha value is -1.31. The van der Waals surface area contributed by atoms with E-state index in [0.717, 1.165) is 31.9 Å².